The molecule has 0 aliphatic rings. The van der Waals surface area contributed by atoms with E-state index in [-0.39, 0.29) is 6.04 Å². The fourth-order valence-electron chi connectivity index (χ4n) is 1.17. The van der Waals surface area contributed by atoms with Gasteiger partial charge in [-0.2, -0.15) is 5.48 Å². The molecule has 0 saturated carbocycles. The summed E-state index contributed by atoms with van der Waals surface area (Å²) < 4.78 is 0. The Morgan fingerprint density at radius 2 is 2.00 bits per heavy atom. The normalized spacial score (nSPS) is 12.8. The third-order valence-electron chi connectivity index (χ3n) is 2.02. The molecule has 0 aliphatic carbocycles. The molecule has 0 amide bonds. The molecule has 1 aromatic rings. The van der Waals surface area contributed by atoms with E-state index in [9.17, 15) is 0 Å². The van der Waals surface area contributed by atoms with Gasteiger partial charge in [0, 0.05) is 4.90 Å². The fraction of sp³-hybridized carbons (Fsp3) is 0.455. The minimum atomic E-state index is 0.242. The highest BCUT2D eigenvalue weighted by molar-refractivity contribution is 7.98. The maximum absolute atomic E-state index is 5.15. The second kappa shape index (κ2) is 6.06. The summed E-state index contributed by atoms with van der Waals surface area (Å²) in [5.74, 6) is 0. The summed E-state index contributed by atoms with van der Waals surface area (Å²) in [6.07, 6.45) is 2.08. The lowest BCUT2D eigenvalue weighted by atomic mass is 10.1. The van der Waals surface area contributed by atoms with Gasteiger partial charge in [-0.1, -0.05) is 12.1 Å². The molecule has 0 saturated heterocycles. The Hall–Kier alpha value is -0.510. The monoisotopic (exact) mass is 211 g/mol. The number of thioether (sulfide) groups is 1. The van der Waals surface area contributed by atoms with Gasteiger partial charge in [-0.25, -0.2) is 0 Å². The average molecular weight is 211 g/mol. The van der Waals surface area contributed by atoms with Gasteiger partial charge in [0.15, 0.2) is 0 Å². The molecule has 0 aromatic heterocycles. The molecule has 1 aromatic carbocycles. The molecule has 78 valence electrons. The number of rotatable bonds is 5. The molecule has 0 heterocycles. The van der Waals surface area contributed by atoms with Gasteiger partial charge in [0.2, 0.25) is 0 Å². The van der Waals surface area contributed by atoms with Crippen LogP contribution in [0.2, 0.25) is 0 Å². The second-order valence-electron chi connectivity index (χ2n) is 3.05. The summed E-state index contributed by atoms with van der Waals surface area (Å²) in [4.78, 5) is 6.44. The molecular formula is C11H17NOS. The first-order valence-corrected chi connectivity index (χ1v) is 6.01. The standard InChI is InChI=1S/C11H17NOS/c1-4-13-12-9(2)10-5-7-11(14-3)8-6-10/h5-9,12H,4H2,1-3H3. The van der Waals surface area contributed by atoms with Crippen LogP contribution >= 0.6 is 11.8 Å². The number of hydrogen-bond acceptors (Lipinski definition) is 3. The summed E-state index contributed by atoms with van der Waals surface area (Å²) in [7, 11) is 0. The third-order valence-corrected chi connectivity index (χ3v) is 2.76. The van der Waals surface area contributed by atoms with Crippen molar-refractivity contribution in [3.63, 3.8) is 0 Å². The van der Waals surface area contributed by atoms with Crippen molar-refractivity contribution in [1.29, 1.82) is 0 Å². The van der Waals surface area contributed by atoms with Gasteiger partial charge in [0.1, 0.15) is 0 Å². The number of nitrogens with one attached hydrogen (secondary N) is 1. The van der Waals surface area contributed by atoms with E-state index in [1.165, 1.54) is 10.5 Å². The molecule has 0 fully saturated rings. The van der Waals surface area contributed by atoms with E-state index in [4.69, 9.17) is 4.84 Å². The lowest BCUT2D eigenvalue weighted by molar-refractivity contribution is 0.0285. The highest BCUT2D eigenvalue weighted by Crippen LogP contribution is 2.18. The first kappa shape index (κ1) is 11.6. The Balaban J connectivity index is 2.57. The summed E-state index contributed by atoms with van der Waals surface area (Å²) in [5, 5.41) is 0. The van der Waals surface area contributed by atoms with E-state index in [2.05, 4.69) is 42.9 Å². The number of benzene rings is 1. The summed E-state index contributed by atoms with van der Waals surface area (Å²) >= 11 is 1.76. The molecule has 2 nitrogen and oxygen atoms in total. The lowest BCUT2D eigenvalue weighted by Gasteiger charge is -2.13. The highest BCUT2D eigenvalue weighted by Gasteiger charge is 2.03. The van der Waals surface area contributed by atoms with Crippen LogP contribution in [0.15, 0.2) is 29.2 Å². The van der Waals surface area contributed by atoms with Crippen LogP contribution in [0.25, 0.3) is 0 Å². The molecule has 0 spiro atoms. The smallest absolute Gasteiger partial charge is 0.0654 e. The van der Waals surface area contributed by atoms with Crippen molar-refractivity contribution in [1.82, 2.24) is 5.48 Å². The zero-order chi connectivity index (χ0) is 10.4. The van der Waals surface area contributed by atoms with Crippen LogP contribution in [0.1, 0.15) is 25.5 Å². The van der Waals surface area contributed by atoms with E-state index in [1.54, 1.807) is 11.8 Å². The SMILES string of the molecule is CCONC(C)c1ccc(SC)cc1. The second-order valence-corrected chi connectivity index (χ2v) is 3.93. The Kier molecular flexibility index (Phi) is 5.01. The Morgan fingerprint density at radius 1 is 1.36 bits per heavy atom. The Labute approximate surface area is 90.0 Å². The van der Waals surface area contributed by atoms with Crippen molar-refractivity contribution in [2.24, 2.45) is 0 Å². The Morgan fingerprint density at radius 3 is 2.50 bits per heavy atom. The maximum Gasteiger partial charge on any atom is 0.0654 e. The van der Waals surface area contributed by atoms with Crippen LogP contribution in [0.4, 0.5) is 0 Å². The zero-order valence-corrected chi connectivity index (χ0v) is 9.73. The van der Waals surface area contributed by atoms with Crippen molar-refractivity contribution in [2.45, 2.75) is 24.8 Å². The minimum Gasteiger partial charge on any atom is -0.302 e. The largest absolute Gasteiger partial charge is 0.302 e. The summed E-state index contributed by atoms with van der Waals surface area (Å²) in [6, 6.07) is 8.75. The van der Waals surface area contributed by atoms with Gasteiger partial charge in [-0.15, -0.1) is 11.8 Å². The highest BCUT2D eigenvalue weighted by atomic mass is 32.2. The van der Waals surface area contributed by atoms with Crippen LogP contribution in [-0.4, -0.2) is 12.9 Å². The van der Waals surface area contributed by atoms with Crippen molar-refractivity contribution >= 4 is 11.8 Å². The van der Waals surface area contributed by atoms with Gasteiger partial charge in [-0.3, -0.25) is 0 Å². The van der Waals surface area contributed by atoms with Crippen molar-refractivity contribution < 1.29 is 4.84 Å². The van der Waals surface area contributed by atoms with Crippen LogP contribution in [0.5, 0.6) is 0 Å². The molecular weight excluding hydrogens is 194 g/mol. The molecule has 1 unspecified atom stereocenters. The molecule has 0 aliphatic heterocycles. The van der Waals surface area contributed by atoms with Crippen LogP contribution < -0.4 is 5.48 Å². The van der Waals surface area contributed by atoms with Gasteiger partial charge >= 0.3 is 0 Å². The minimum absolute atomic E-state index is 0.242. The fourth-order valence-corrected chi connectivity index (χ4v) is 1.58. The predicted molar refractivity (Wildman–Crippen MR) is 61.4 cm³/mol. The predicted octanol–water partition coefficient (Wildman–Crippen LogP) is 3.01. The van der Waals surface area contributed by atoms with Crippen molar-refractivity contribution in [3.8, 4) is 0 Å². The van der Waals surface area contributed by atoms with Crippen LogP contribution in [0, 0.1) is 0 Å². The third kappa shape index (κ3) is 3.33. The van der Waals surface area contributed by atoms with Gasteiger partial charge in [0.25, 0.3) is 0 Å². The quantitative estimate of drug-likeness (QED) is 0.597. The topological polar surface area (TPSA) is 21.3 Å². The average Bonchev–Trinajstić information content (AvgIpc) is 2.26. The van der Waals surface area contributed by atoms with Crippen LogP contribution in [0.3, 0.4) is 0 Å². The summed E-state index contributed by atoms with van der Waals surface area (Å²) in [6.45, 7) is 4.74. The molecule has 14 heavy (non-hydrogen) atoms. The molecule has 0 radical (unpaired) electrons. The van der Waals surface area contributed by atoms with E-state index < -0.39 is 0 Å². The first-order valence-electron chi connectivity index (χ1n) is 4.79. The van der Waals surface area contributed by atoms with E-state index in [1.807, 2.05) is 6.92 Å². The van der Waals surface area contributed by atoms with E-state index in [0.29, 0.717) is 6.61 Å². The maximum atomic E-state index is 5.15. The van der Waals surface area contributed by atoms with E-state index >= 15 is 0 Å². The Bertz CT molecular complexity index is 260. The lowest BCUT2D eigenvalue weighted by Crippen LogP contribution is -2.18. The zero-order valence-electron chi connectivity index (χ0n) is 8.91. The number of hydroxylamine groups is 1. The number of hydrogen-bond donors (Lipinski definition) is 1. The first-order chi connectivity index (χ1) is 6.77. The summed E-state index contributed by atoms with van der Waals surface area (Å²) in [5.41, 5.74) is 4.23. The van der Waals surface area contributed by atoms with Gasteiger partial charge < -0.3 is 4.84 Å². The van der Waals surface area contributed by atoms with E-state index in [0.717, 1.165) is 0 Å². The van der Waals surface area contributed by atoms with Gasteiger partial charge in [0.05, 0.1) is 12.6 Å². The van der Waals surface area contributed by atoms with Crippen molar-refractivity contribution in [3.05, 3.63) is 29.8 Å². The molecule has 3 heteroatoms. The molecule has 1 atom stereocenters. The van der Waals surface area contributed by atoms with Gasteiger partial charge in [-0.05, 0) is 37.8 Å². The molecule has 1 N–H and O–H groups in total. The molecule has 1 rings (SSSR count). The van der Waals surface area contributed by atoms with Crippen molar-refractivity contribution in [2.75, 3.05) is 12.9 Å². The molecule has 0 bridgehead atoms. The van der Waals surface area contributed by atoms with Crippen LogP contribution in [-0.2, 0) is 4.84 Å².